The van der Waals surface area contributed by atoms with Crippen molar-refractivity contribution in [2.75, 3.05) is 0 Å². The summed E-state index contributed by atoms with van der Waals surface area (Å²) in [6, 6.07) is 1.63. The highest BCUT2D eigenvalue weighted by Gasteiger charge is 2.08. The molecule has 0 saturated heterocycles. The third-order valence-electron chi connectivity index (χ3n) is 1.75. The molecular weight excluding hydrogens is 168 g/mol. The van der Waals surface area contributed by atoms with Crippen LogP contribution in [0.4, 0.5) is 0 Å². The molecule has 1 heterocycles. The fourth-order valence-corrected chi connectivity index (χ4v) is 0.858. The van der Waals surface area contributed by atoms with E-state index in [0.29, 0.717) is 0 Å². The van der Waals surface area contributed by atoms with Crippen LogP contribution in [-0.2, 0) is 11.3 Å². The smallest absolute Gasteiger partial charge is 0.297 e. The van der Waals surface area contributed by atoms with Crippen LogP contribution in [-0.4, -0.2) is 15.3 Å². The first-order chi connectivity index (χ1) is 6.11. The van der Waals surface area contributed by atoms with Crippen LogP contribution >= 0.6 is 0 Å². The number of hydrogen-bond donors (Lipinski definition) is 0. The van der Waals surface area contributed by atoms with Crippen LogP contribution in [0, 0.1) is 5.92 Å². The number of ketones is 1. The van der Waals surface area contributed by atoms with Crippen molar-refractivity contribution in [2.24, 2.45) is 5.92 Å². The highest BCUT2D eigenvalue weighted by atomic mass is 16.2. The molecule has 0 bridgehead atoms. The zero-order valence-electron chi connectivity index (χ0n) is 7.73. The lowest BCUT2D eigenvalue weighted by Gasteiger charge is -2.05. The zero-order chi connectivity index (χ0) is 9.84. The fourth-order valence-electron chi connectivity index (χ4n) is 0.858. The Morgan fingerprint density at radius 2 is 2.31 bits per heavy atom. The lowest BCUT2D eigenvalue weighted by atomic mass is 10.1. The summed E-state index contributed by atoms with van der Waals surface area (Å²) in [5, 5.41) is 0. The Morgan fingerprint density at radius 3 is 2.85 bits per heavy atom. The van der Waals surface area contributed by atoms with Crippen LogP contribution < -0.4 is 5.69 Å². The van der Waals surface area contributed by atoms with Crippen LogP contribution in [0.25, 0.3) is 0 Å². The van der Waals surface area contributed by atoms with E-state index in [1.54, 1.807) is 12.3 Å². The minimum absolute atomic E-state index is 0.0371. The summed E-state index contributed by atoms with van der Waals surface area (Å²) in [5.41, 5.74) is -0.378. The number of carbonyl (C=O) groups excluding carboxylic acids is 1. The first-order valence-electron chi connectivity index (χ1n) is 4.15. The molecule has 0 fully saturated rings. The molecule has 0 N–H and O–H groups in total. The van der Waals surface area contributed by atoms with E-state index in [0.717, 1.165) is 0 Å². The van der Waals surface area contributed by atoms with Crippen LogP contribution in [0.5, 0.6) is 0 Å². The first kappa shape index (κ1) is 9.64. The van der Waals surface area contributed by atoms with Gasteiger partial charge in [-0.25, -0.2) is 9.78 Å². The highest BCUT2D eigenvalue weighted by molar-refractivity contribution is 5.79. The maximum Gasteiger partial charge on any atom is 0.347 e. The van der Waals surface area contributed by atoms with E-state index in [2.05, 4.69) is 4.98 Å². The summed E-state index contributed by atoms with van der Waals surface area (Å²) in [4.78, 5) is 25.9. The van der Waals surface area contributed by atoms with Crippen molar-refractivity contribution in [1.82, 2.24) is 9.55 Å². The molecule has 0 aromatic carbocycles. The number of hydrogen-bond acceptors (Lipinski definition) is 3. The van der Waals surface area contributed by atoms with E-state index in [1.807, 2.05) is 13.8 Å². The Kier molecular flexibility index (Phi) is 2.95. The van der Waals surface area contributed by atoms with Gasteiger partial charge in [0.15, 0.2) is 5.78 Å². The lowest BCUT2D eigenvalue weighted by molar-refractivity contribution is -0.122. The predicted molar refractivity (Wildman–Crippen MR) is 48.3 cm³/mol. The van der Waals surface area contributed by atoms with Crippen LogP contribution in [0.2, 0.25) is 0 Å². The average molecular weight is 180 g/mol. The van der Waals surface area contributed by atoms with Gasteiger partial charge in [-0.1, -0.05) is 13.8 Å². The lowest BCUT2D eigenvalue weighted by Crippen LogP contribution is -2.27. The molecule has 0 saturated carbocycles. The first-order valence-corrected chi connectivity index (χ1v) is 4.15. The van der Waals surface area contributed by atoms with Gasteiger partial charge in [0.2, 0.25) is 0 Å². The molecule has 0 aliphatic carbocycles. The van der Waals surface area contributed by atoms with Crippen molar-refractivity contribution < 1.29 is 4.79 Å². The topological polar surface area (TPSA) is 52.0 Å². The molecule has 70 valence electrons. The summed E-state index contributed by atoms with van der Waals surface area (Å²) in [5.74, 6) is -0.0118. The molecule has 0 spiro atoms. The molecule has 4 heteroatoms. The zero-order valence-corrected chi connectivity index (χ0v) is 7.73. The van der Waals surface area contributed by atoms with Gasteiger partial charge in [0.1, 0.15) is 0 Å². The second-order valence-electron chi connectivity index (χ2n) is 3.15. The van der Waals surface area contributed by atoms with Gasteiger partial charge in [-0.15, -0.1) is 0 Å². The molecule has 0 aliphatic heterocycles. The molecule has 0 aliphatic rings. The van der Waals surface area contributed by atoms with E-state index in [1.165, 1.54) is 10.8 Å². The predicted octanol–water partition coefficient (Wildman–Crippen LogP) is 0.468. The number of Topliss-reactive ketones (excluding diaryl/α,β-unsaturated/α-hetero) is 1. The Morgan fingerprint density at radius 1 is 1.62 bits per heavy atom. The van der Waals surface area contributed by atoms with Crippen molar-refractivity contribution in [2.45, 2.75) is 20.4 Å². The summed E-state index contributed by atoms with van der Waals surface area (Å²) < 4.78 is 1.31. The highest BCUT2D eigenvalue weighted by Crippen LogP contribution is 1.95. The average Bonchev–Trinajstić information content (AvgIpc) is 2.08. The normalized spacial score (nSPS) is 10.4. The summed E-state index contributed by atoms with van der Waals surface area (Å²) in [6.45, 7) is 3.73. The van der Waals surface area contributed by atoms with Crippen molar-refractivity contribution in [3.63, 3.8) is 0 Å². The number of rotatable bonds is 3. The van der Waals surface area contributed by atoms with E-state index >= 15 is 0 Å². The molecule has 1 aromatic rings. The van der Waals surface area contributed by atoms with Crippen molar-refractivity contribution >= 4 is 5.78 Å². The van der Waals surface area contributed by atoms with Gasteiger partial charge in [-0.3, -0.25) is 9.36 Å². The van der Waals surface area contributed by atoms with Crippen LogP contribution in [0.15, 0.2) is 23.3 Å². The van der Waals surface area contributed by atoms with Gasteiger partial charge in [0.05, 0.1) is 6.54 Å². The number of nitrogens with zero attached hydrogens (tertiary/aromatic N) is 2. The largest absolute Gasteiger partial charge is 0.347 e. The molecule has 0 unspecified atom stereocenters. The third-order valence-corrected chi connectivity index (χ3v) is 1.75. The maximum absolute atomic E-state index is 11.3. The summed E-state index contributed by atoms with van der Waals surface area (Å²) in [7, 11) is 0. The second kappa shape index (κ2) is 3.98. The van der Waals surface area contributed by atoms with Crippen LogP contribution in [0.1, 0.15) is 13.8 Å². The minimum atomic E-state index is -0.378. The van der Waals surface area contributed by atoms with Gasteiger partial charge in [-0.05, 0) is 6.07 Å². The fraction of sp³-hybridized carbons (Fsp3) is 0.444. The van der Waals surface area contributed by atoms with Gasteiger partial charge < -0.3 is 0 Å². The van der Waals surface area contributed by atoms with E-state index < -0.39 is 0 Å². The minimum Gasteiger partial charge on any atom is -0.297 e. The van der Waals surface area contributed by atoms with Gasteiger partial charge >= 0.3 is 5.69 Å². The van der Waals surface area contributed by atoms with Crippen molar-refractivity contribution in [3.05, 3.63) is 28.9 Å². The van der Waals surface area contributed by atoms with Crippen LogP contribution in [0.3, 0.4) is 0 Å². The Labute approximate surface area is 76.2 Å². The van der Waals surface area contributed by atoms with Crippen molar-refractivity contribution in [3.8, 4) is 0 Å². The molecule has 13 heavy (non-hydrogen) atoms. The monoisotopic (exact) mass is 180 g/mol. The molecular formula is C9H12N2O2. The van der Waals surface area contributed by atoms with Crippen molar-refractivity contribution in [1.29, 1.82) is 0 Å². The number of carbonyl (C=O) groups is 1. The molecule has 1 rings (SSSR count). The van der Waals surface area contributed by atoms with E-state index in [-0.39, 0.29) is 23.9 Å². The number of aromatic nitrogens is 2. The molecule has 0 atom stereocenters. The summed E-state index contributed by atoms with van der Waals surface area (Å²) in [6.07, 6.45) is 2.98. The van der Waals surface area contributed by atoms with E-state index in [9.17, 15) is 9.59 Å². The molecule has 0 amide bonds. The molecule has 1 aromatic heterocycles. The quantitative estimate of drug-likeness (QED) is 0.679. The van der Waals surface area contributed by atoms with Gasteiger partial charge in [0, 0.05) is 18.3 Å². The Bertz CT molecular complexity index is 355. The Hall–Kier alpha value is -1.45. The molecule has 0 radical (unpaired) electrons. The van der Waals surface area contributed by atoms with Gasteiger partial charge in [-0.2, -0.15) is 0 Å². The third kappa shape index (κ3) is 2.50. The summed E-state index contributed by atoms with van der Waals surface area (Å²) >= 11 is 0. The molecule has 4 nitrogen and oxygen atoms in total. The second-order valence-corrected chi connectivity index (χ2v) is 3.15. The Balaban J connectivity index is 2.81. The standard InChI is InChI=1S/C9H12N2O2/c1-7(2)8(12)6-11-5-3-4-10-9(11)13/h3-5,7H,6H2,1-2H3. The van der Waals surface area contributed by atoms with E-state index in [4.69, 9.17) is 0 Å². The SMILES string of the molecule is CC(C)C(=O)Cn1cccnc1=O. The van der Waals surface area contributed by atoms with Gasteiger partial charge in [0.25, 0.3) is 0 Å². The maximum atomic E-state index is 11.3.